The van der Waals surface area contributed by atoms with Gasteiger partial charge in [0.05, 0.1) is 16.1 Å². The highest BCUT2D eigenvalue weighted by atomic mass is 32.1. The van der Waals surface area contributed by atoms with Crippen molar-refractivity contribution in [3.05, 3.63) is 52.2 Å². The van der Waals surface area contributed by atoms with E-state index in [1.165, 1.54) is 11.3 Å². The van der Waals surface area contributed by atoms with Crippen molar-refractivity contribution in [1.29, 1.82) is 5.26 Å². The number of rotatable bonds is 7. The van der Waals surface area contributed by atoms with E-state index in [4.69, 9.17) is 10.00 Å². The van der Waals surface area contributed by atoms with Crippen LogP contribution in [0.15, 0.2) is 41.8 Å². The first-order chi connectivity index (χ1) is 12.9. The van der Waals surface area contributed by atoms with Gasteiger partial charge in [0.2, 0.25) is 0 Å². The fourth-order valence-electron chi connectivity index (χ4n) is 2.22. The Hall–Kier alpha value is -3.18. The molecule has 0 aliphatic carbocycles. The molecule has 27 heavy (non-hydrogen) atoms. The maximum absolute atomic E-state index is 12.3. The van der Waals surface area contributed by atoms with Crippen LogP contribution in [0.3, 0.4) is 0 Å². The molecule has 0 aliphatic rings. The third kappa shape index (κ3) is 5.66. The van der Waals surface area contributed by atoms with E-state index in [2.05, 4.69) is 10.6 Å². The first-order valence-corrected chi connectivity index (χ1v) is 9.10. The summed E-state index contributed by atoms with van der Waals surface area (Å²) in [6.07, 6.45) is 0. The number of amides is 2. The summed E-state index contributed by atoms with van der Waals surface area (Å²) in [6, 6.07) is 11.0. The molecule has 1 aromatic carbocycles. The van der Waals surface area contributed by atoms with Gasteiger partial charge in [-0.25, -0.2) is 4.79 Å². The summed E-state index contributed by atoms with van der Waals surface area (Å²) < 4.78 is 5.05. The topological polar surface area (TPSA) is 108 Å². The molecule has 2 N–H and O–H groups in total. The van der Waals surface area contributed by atoms with Crippen LogP contribution in [0.5, 0.6) is 0 Å². The van der Waals surface area contributed by atoms with Crippen molar-refractivity contribution in [2.45, 2.75) is 19.9 Å². The second-order valence-corrected chi connectivity index (χ2v) is 6.93. The van der Waals surface area contributed by atoms with Crippen molar-refractivity contribution in [3.8, 4) is 6.07 Å². The number of nitriles is 1. The summed E-state index contributed by atoms with van der Waals surface area (Å²) >= 11 is 1.26. The Balaban J connectivity index is 1.92. The number of thiophene rings is 1. The van der Waals surface area contributed by atoms with Crippen LogP contribution in [0.1, 0.15) is 29.1 Å². The van der Waals surface area contributed by atoms with Gasteiger partial charge in [0, 0.05) is 0 Å². The monoisotopic (exact) mass is 385 g/mol. The SMILES string of the molecule is CC(C)[C@@H](NC(=O)c1cccs1)C(=O)OCC(=O)Nc1ccccc1C#N. The highest BCUT2D eigenvalue weighted by Gasteiger charge is 2.27. The largest absolute Gasteiger partial charge is 0.454 e. The number of hydrogen-bond acceptors (Lipinski definition) is 6. The molecule has 0 radical (unpaired) electrons. The smallest absolute Gasteiger partial charge is 0.329 e. The second-order valence-electron chi connectivity index (χ2n) is 5.99. The Morgan fingerprint density at radius 3 is 2.56 bits per heavy atom. The lowest BCUT2D eigenvalue weighted by Gasteiger charge is -2.20. The molecule has 8 heteroatoms. The van der Waals surface area contributed by atoms with E-state index in [-0.39, 0.29) is 11.8 Å². The third-order valence-electron chi connectivity index (χ3n) is 3.62. The van der Waals surface area contributed by atoms with Crippen molar-refractivity contribution in [2.75, 3.05) is 11.9 Å². The standard InChI is InChI=1S/C19H19N3O4S/c1-12(2)17(22-18(24)15-8-5-9-27-15)19(25)26-11-16(23)21-14-7-4-3-6-13(14)10-20/h3-9,12,17H,11H2,1-2H3,(H,21,23)(H,22,24)/t17-/m1/s1. The molecule has 0 fully saturated rings. The highest BCUT2D eigenvalue weighted by Crippen LogP contribution is 2.14. The summed E-state index contributed by atoms with van der Waals surface area (Å²) in [4.78, 5) is 36.9. The molecule has 0 spiro atoms. The van der Waals surface area contributed by atoms with Crippen LogP contribution in [0.25, 0.3) is 0 Å². The molecular formula is C19H19N3O4S. The van der Waals surface area contributed by atoms with Crippen LogP contribution >= 0.6 is 11.3 Å². The molecule has 2 aromatic rings. The van der Waals surface area contributed by atoms with E-state index in [0.29, 0.717) is 16.1 Å². The molecule has 1 atom stereocenters. The van der Waals surface area contributed by atoms with Gasteiger partial charge in [0.1, 0.15) is 12.1 Å². The zero-order valence-corrected chi connectivity index (χ0v) is 15.7. The van der Waals surface area contributed by atoms with E-state index in [1.54, 1.807) is 55.6 Å². The first-order valence-electron chi connectivity index (χ1n) is 8.22. The fraction of sp³-hybridized carbons (Fsp3) is 0.263. The Labute approximate surface area is 161 Å². The second kappa shape index (κ2) is 9.50. The number of anilines is 1. The maximum Gasteiger partial charge on any atom is 0.329 e. The highest BCUT2D eigenvalue weighted by molar-refractivity contribution is 7.12. The van der Waals surface area contributed by atoms with Crippen LogP contribution in [0.2, 0.25) is 0 Å². The Kier molecular flexibility index (Phi) is 7.08. The zero-order chi connectivity index (χ0) is 19.8. The minimum Gasteiger partial charge on any atom is -0.454 e. The number of hydrogen-bond donors (Lipinski definition) is 2. The maximum atomic E-state index is 12.3. The molecule has 2 rings (SSSR count). The molecular weight excluding hydrogens is 366 g/mol. The number of ether oxygens (including phenoxy) is 1. The van der Waals surface area contributed by atoms with E-state index in [1.807, 2.05) is 6.07 Å². The van der Waals surface area contributed by atoms with Crippen LogP contribution in [-0.2, 0) is 14.3 Å². The molecule has 1 heterocycles. The average molecular weight is 385 g/mol. The molecule has 0 saturated heterocycles. The Bertz CT molecular complexity index is 856. The van der Waals surface area contributed by atoms with Gasteiger partial charge < -0.3 is 15.4 Å². The van der Waals surface area contributed by atoms with Gasteiger partial charge in [-0.15, -0.1) is 11.3 Å². The normalized spacial score (nSPS) is 11.3. The summed E-state index contributed by atoms with van der Waals surface area (Å²) in [5.41, 5.74) is 0.646. The summed E-state index contributed by atoms with van der Waals surface area (Å²) in [5, 5.41) is 15.9. The van der Waals surface area contributed by atoms with Gasteiger partial charge in [-0.1, -0.05) is 32.0 Å². The quantitative estimate of drug-likeness (QED) is 0.712. The molecule has 7 nitrogen and oxygen atoms in total. The van der Waals surface area contributed by atoms with Gasteiger partial charge in [-0.05, 0) is 29.5 Å². The van der Waals surface area contributed by atoms with Gasteiger partial charge >= 0.3 is 5.97 Å². The van der Waals surface area contributed by atoms with Gasteiger partial charge in [-0.3, -0.25) is 9.59 Å². The number of carbonyl (C=O) groups excluding carboxylic acids is 3. The van der Waals surface area contributed by atoms with E-state index in [9.17, 15) is 14.4 Å². The summed E-state index contributed by atoms with van der Waals surface area (Å²) in [5.74, 6) is -1.85. The lowest BCUT2D eigenvalue weighted by atomic mass is 10.0. The minimum atomic E-state index is -0.876. The molecule has 140 valence electrons. The van der Waals surface area contributed by atoms with Crippen LogP contribution < -0.4 is 10.6 Å². The van der Waals surface area contributed by atoms with E-state index < -0.39 is 24.5 Å². The predicted octanol–water partition coefficient (Wildman–Crippen LogP) is 2.56. The Morgan fingerprint density at radius 2 is 1.93 bits per heavy atom. The molecule has 0 unspecified atom stereocenters. The predicted molar refractivity (Wildman–Crippen MR) is 101 cm³/mol. The van der Waals surface area contributed by atoms with Crippen molar-refractivity contribution < 1.29 is 19.1 Å². The van der Waals surface area contributed by atoms with Crippen LogP contribution in [0.4, 0.5) is 5.69 Å². The van der Waals surface area contributed by atoms with E-state index in [0.717, 1.165) is 0 Å². The number of carbonyl (C=O) groups is 3. The number of nitrogens with zero attached hydrogens (tertiary/aromatic N) is 1. The number of esters is 1. The molecule has 0 bridgehead atoms. The summed E-state index contributed by atoms with van der Waals surface area (Å²) in [7, 11) is 0. The van der Waals surface area contributed by atoms with Gasteiger partial charge in [0.15, 0.2) is 6.61 Å². The minimum absolute atomic E-state index is 0.219. The van der Waals surface area contributed by atoms with Crippen LogP contribution in [-0.4, -0.2) is 30.4 Å². The van der Waals surface area contributed by atoms with Crippen molar-refractivity contribution >= 4 is 34.8 Å². The number of nitrogens with one attached hydrogen (secondary N) is 2. The third-order valence-corrected chi connectivity index (χ3v) is 4.49. The fourth-order valence-corrected chi connectivity index (χ4v) is 2.85. The summed E-state index contributed by atoms with van der Waals surface area (Å²) in [6.45, 7) is 3.02. The van der Waals surface area contributed by atoms with Crippen molar-refractivity contribution in [2.24, 2.45) is 5.92 Å². The van der Waals surface area contributed by atoms with E-state index >= 15 is 0 Å². The van der Waals surface area contributed by atoms with Crippen molar-refractivity contribution in [1.82, 2.24) is 5.32 Å². The number of para-hydroxylation sites is 1. The number of benzene rings is 1. The molecule has 2 amide bonds. The molecule has 1 aromatic heterocycles. The van der Waals surface area contributed by atoms with Crippen LogP contribution in [0, 0.1) is 17.2 Å². The van der Waals surface area contributed by atoms with Gasteiger partial charge in [-0.2, -0.15) is 5.26 Å². The van der Waals surface area contributed by atoms with Crippen molar-refractivity contribution in [3.63, 3.8) is 0 Å². The Morgan fingerprint density at radius 1 is 1.19 bits per heavy atom. The lowest BCUT2D eigenvalue weighted by molar-refractivity contribution is -0.150. The molecule has 0 saturated carbocycles. The lowest BCUT2D eigenvalue weighted by Crippen LogP contribution is -2.45. The average Bonchev–Trinajstić information content (AvgIpc) is 3.19. The molecule has 0 aliphatic heterocycles. The first kappa shape index (κ1) is 20.1. The van der Waals surface area contributed by atoms with Gasteiger partial charge in [0.25, 0.3) is 11.8 Å². The zero-order valence-electron chi connectivity index (χ0n) is 14.9.